The van der Waals surface area contributed by atoms with E-state index in [4.69, 9.17) is 35.0 Å². The van der Waals surface area contributed by atoms with Crippen molar-refractivity contribution in [3.8, 4) is 0 Å². The van der Waals surface area contributed by atoms with Crippen LogP contribution < -0.4 is 0 Å². The predicted octanol–water partition coefficient (Wildman–Crippen LogP) is 1.73. The van der Waals surface area contributed by atoms with E-state index in [-0.39, 0.29) is 86.4 Å². The molecule has 16 N–H and O–H groups in total. The van der Waals surface area contributed by atoms with Gasteiger partial charge in [0.05, 0.1) is 44.1 Å². The molecule has 77 heavy (non-hydrogen) atoms. The van der Waals surface area contributed by atoms with E-state index in [0.29, 0.717) is 0 Å². The molecule has 0 atom stereocenters. The van der Waals surface area contributed by atoms with E-state index in [1.807, 2.05) is 48.5 Å². The Morgan fingerprint density at radius 3 is 0.416 bits per heavy atom. The first-order valence-corrected chi connectivity index (χ1v) is 22.1. The number of rotatable bonds is 0. The Bertz CT molecular complexity index is 3180. The number of pyridine rings is 8. The zero-order valence-electron chi connectivity index (χ0n) is 39.4. The second-order valence-corrected chi connectivity index (χ2v) is 15.3. The summed E-state index contributed by atoms with van der Waals surface area (Å²) in [7, 11) is -10.3. The van der Waals surface area contributed by atoms with Crippen molar-refractivity contribution in [1.82, 2.24) is 39.9 Å². The Labute approximate surface area is 461 Å². The quantitative estimate of drug-likeness (QED) is 0.119. The predicted molar refractivity (Wildman–Crippen MR) is 279 cm³/mol. The fraction of sp³-hybridized carbons (Fsp3) is 0. The standard InChI is InChI=1S/4C12H8N2.2H2O4S.8H2O.O.2V/c4*1-3-9-5-6-10-4-2-8-14-12(10)11(9)13-7-1;2*1-5(2,3)4;;;;;;;;;;;/h4*1-8H;2*(H2,1,2,3,4);8*1H2;;;/q;;;;;;;;;;;;;;-2;;/p-4. The molecule has 12 rings (SSSR count). The van der Waals surface area contributed by atoms with Gasteiger partial charge in [0.1, 0.15) is 0 Å². The van der Waals surface area contributed by atoms with E-state index in [0.717, 1.165) is 87.2 Å². The third-order valence-electron chi connectivity index (χ3n) is 9.38. The molecule has 0 saturated carbocycles. The van der Waals surface area contributed by atoms with Crippen molar-refractivity contribution in [1.29, 1.82) is 0 Å². The molecule has 0 aliphatic heterocycles. The van der Waals surface area contributed by atoms with E-state index in [9.17, 15) is 0 Å². The Kier molecular flexibility index (Phi) is 37.4. The molecule has 8 heterocycles. The summed E-state index contributed by atoms with van der Waals surface area (Å²) in [4.78, 5) is 34.8. The van der Waals surface area contributed by atoms with Crippen LogP contribution in [0.2, 0.25) is 0 Å². The molecule has 0 saturated heterocycles. The topological polar surface area (TPSA) is 544 Å². The van der Waals surface area contributed by atoms with Crippen molar-refractivity contribution in [2.24, 2.45) is 0 Å². The minimum Gasteiger partial charge on any atom is -2.00 e. The van der Waals surface area contributed by atoms with Gasteiger partial charge in [0.15, 0.2) is 0 Å². The van der Waals surface area contributed by atoms with Gasteiger partial charge in [-0.3, -0.25) is 56.7 Å². The van der Waals surface area contributed by atoms with Crippen LogP contribution >= 0.6 is 0 Å². The van der Waals surface area contributed by atoms with Gasteiger partial charge in [-0.05, 0) is 48.5 Å². The Balaban J connectivity index is -0.000000270. The summed E-state index contributed by atoms with van der Waals surface area (Å²) < 4.78 is 68.2. The molecule has 25 nitrogen and oxygen atoms in total. The van der Waals surface area contributed by atoms with Crippen molar-refractivity contribution in [3.05, 3.63) is 195 Å². The smallest absolute Gasteiger partial charge is 0.0964 e. The first-order valence-electron chi connectivity index (χ1n) is 19.5. The molecule has 0 amide bonds. The summed E-state index contributed by atoms with van der Waals surface area (Å²) in [5.74, 6) is 0. The molecule has 12 aromatic rings. The molecular formula is C48H48N8O17S2V2-6. The van der Waals surface area contributed by atoms with Crippen LogP contribution in [0.4, 0.5) is 0 Å². The van der Waals surface area contributed by atoms with E-state index in [1.54, 1.807) is 49.6 Å². The van der Waals surface area contributed by atoms with Crippen LogP contribution in [-0.4, -0.2) is 119 Å². The summed E-state index contributed by atoms with van der Waals surface area (Å²) in [6.07, 6.45) is 14.4. The SMILES string of the molecule is O.O.O.O.O.O.O.O.O=S(=O)([O-])[O-].O=S(=O)([O-])[O-].[O-2].[V].[V].c1cnc2c(c1)ccc1cccnc12.c1cnc2c(c1)ccc1cccnc12.c1cnc2c(c1)ccc1cccnc12.c1cnc2c(c1)ccc1cccnc12. The van der Waals surface area contributed by atoms with Crippen molar-refractivity contribution < 1.29 is 121 Å². The summed E-state index contributed by atoms with van der Waals surface area (Å²) in [5.41, 5.74) is 7.82. The first kappa shape index (κ1) is 78.6. The maximum absolute atomic E-state index is 8.52. The minimum absolute atomic E-state index is 0. The first-order chi connectivity index (χ1) is 31.8. The minimum atomic E-state index is -5.17. The summed E-state index contributed by atoms with van der Waals surface area (Å²) >= 11 is 0. The summed E-state index contributed by atoms with van der Waals surface area (Å²) in [6.45, 7) is 0. The van der Waals surface area contributed by atoms with Gasteiger partial charge in [-0.25, -0.2) is 0 Å². The summed E-state index contributed by atoms with van der Waals surface area (Å²) in [5, 5.41) is 9.10. The van der Waals surface area contributed by atoms with Crippen LogP contribution in [0.5, 0.6) is 0 Å². The van der Waals surface area contributed by atoms with Gasteiger partial charge < -0.3 is 67.5 Å². The van der Waals surface area contributed by atoms with Gasteiger partial charge in [0.2, 0.25) is 0 Å². The molecule has 0 spiro atoms. The van der Waals surface area contributed by atoms with Crippen LogP contribution in [0.25, 0.3) is 87.2 Å². The molecule has 2 radical (unpaired) electrons. The number of fused-ring (bicyclic) bond motifs is 12. The zero-order valence-corrected chi connectivity index (χ0v) is 43.9. The molecule has 410 valence electrons. The van der Waals surface area contributed by atoms with Gasteiger partial charge in [-0.15, -0.1) is 0 Å². The molecule has 29 heteroatoms. The molecule has 0 bridgehead atoms. The Morgan fingerprint density at radius 1 is 0.234 bits per heavy atom. The number of hydrogen-bond donors (Lipinski definition) is 0. The van der Waals surface area contributed by atoms with E-state index < -0.39 is 20.8 Å². The van der Waals surface area contributed by atoms with Crippen LogP contribution in [0.15, 0.2) is 195 Å². The van der Waals surface area contributed by atoms with Crippen LogP contribution in [-0.2, 0) is 63.4 Å². The van der Waals surface area contributed by atoms with Gasteiger partial charge in [0.25, 0.3) is 0 Å². The van der Waals surface area contributed by atoms with Crippen molar-refractivity contribution in [2.75, 3.05) is 0 Å². The Hall–Kier alpha value is -7.29. The van der Waals surface area contributed by atoms with Crippen LogP contribution in [0.3, 0.4) is 0 Å². The number of hydrogen-bond acceptors (Lipinski definition) is 16. The Morgan fingerprint density at radius 2 is 0.325 bits per heavy atom. The average Bonchev–Trinajstić information content (AvgIpc) is 3.33. The van der Waals surface area contributed by atoms with Crippen molar-refractivity contribution in [3.63, 3.8) is 0 Å². The van der Waals surface area contributed by atoms with E-state index in [2.05, 4.69) is 137 Å². The number of benzene rings is 4. The average molecular weight is 1170 g/mol. The van der Waals surface area contributed by atoms with Gasteiger partial charge in [-0.2, -0.15) is 0 Å². The third kappa shape index (κ3) is 22.4. The maximum atomic E-state index is 8.52. The largest absolute Gasteiger partial charge is 2.00 e. The van der Waals surface area contributed by atoms with Crippen LogP contribution in [0, 0.1) is 0 Å². The monoisotopic (exact) mass is 1170 g/mol. The fourth-order valence-corrected chi connectivity index (χ4v) is 6.72. The van der Waals surface area contributed by atoms with Gasteiger partial charge in [-0.1, -0.05) is 97.1 Å². The fourth-order valence-electron chi connectivity index (χ4n) is 6.72. The molecule has 4 aromatic carbocycles. The number of aromatic nitrogens is 8. The molecular weight excluding hydrogens is 1130 g/mol. The maximum Gasteiger partial charge on any atom is 0.0964 e. The van der Waals surface area contributed by atoms with E-state index in [1.165, 1.54) is 0 Å². The molecule has 0 aliphatic carbocycles. The molecule has 0 aliphatic rings. The van der Waals surface area contributed by atoms with E-state index >= 15 is 0 Å². The second kappa shape index (κ2) is 36.6. The molecule has 8 aromatic heterocycles. The molecule has 0 fully saturated rings. The normalized spacial score (nSPS) is 9.40. The number of nitrogens with zero attached hydrogens (tertiary/aromatic N) is 8. The second-order valence-electron chi connectivity index (χ2n) is 13.7. The van der Waals surface area contributed by atoms with Crippen molar-refractivity contribution >= 4 is 108 Å². The zero-order chi connectivity index (χ0) is 46.5. The molecule has 0 unspecified atom stereocenters. The third-order valence-corrected chi connectivity index (χ3v) is 9.38. The van der Waals surface area contributed by atoms with Gasteiger partial charge >= 0.3 is 0 Å². The van der Waals surface area contributed by atoms with Crippen molar-refractivity contribution in [2.45, 2.75) is 0 Å². The summed E-state index contributed by atoms with van der Waals surface area (Å²) in [6, 6.07) is 48.6. The van der Waals surface area contributed by atoms with Gasteiger partial charge in [0, 0.05) is 151 Å². The van der Waals surface area contributed by atoms with Crippen LogP contribution in [0.1, 0.15) is 0 Å².